The van der Waals surface area contributed by atoms with Crippen LogP contribution in [-0.4, -0.2) is 52.4 Å². The summed E-state index contributed by atoms with van der Waals surface area (Å²) in [5.74, 6) is -2.15. The number of rotatable bonds is 1. The van der Waals surface area contributed by atoms with Crippen molar-refractivity contribution in [3.05, 3.63) is 0 Å². The van der Waals surface area contributed by atoms with E-state index < -0.39 is 41.2 Å². The number of ether oxygens (including phenoxy) is 3. The Kier molecular flexibility index (Phi) is 2.61. The molecule has 0 aromatic rings. The fourth-order valence-electron chi connectivity index (χ4n) is 2.41. The third-order valence-corrected chi connectivity index (χ3v) is 3.82. The lowest BCUT2D eigenvalue weighted by atomic mass is 9.98. The largest absolute Gasteiger partial charge is 0.391 e. The molecule has 3 saturated heterocycles. The van der Waals surface area contributed by atoms with Gasteiger partial charge in [-0.15, -0.1) is 0 Å². The van der Waals surface area contributed by atoms with Gasteiger partial charge in [0.2, 0.25) is 5.79 Å². The third kappa shape index (κ3) is 1.75. The van der Waals surface area contributed by atoms with E-state index >= 15 is 0 Å². The molecule has 0 amide bonds. The number of aliphatic hydroxyl groups excluding tert-OH is 1. The molecule has 5 atom stereocenters. The maximum Gasteiger partial charge on any atom is 0.305 e. The Morgan fingerprint density at radius 1 is 1.41 bits per heavy atom. The second-order valence-corrected chi connectivity index (χ2v) is 5.51. The zero-order chi connectivity index (χ0) is 12.3. The monoisotopic (exact) mass is 266 g/mol. The van der Waals surface area contributed by atoms with Crippen molar-refractivity contribution in [2.24, 2.45) is 0 Å². The first-order valence-corrected chi connectivity index (χ1v) is 6.35. The van der Waals surface area contributed by atoms with Crippen molar-refractivity contribution in [3.63, 3.8) is 0 Å². The Balaban J connectivity index is 1.92. The van der Waals surface area contributed by atoms with Gasteiger partial charge in [-0.2, -0.15) is 4.21 Å². The van der Waals surface area contributed by atoms with Gasteiger partial charge in [-0.05, 0) is 13.8 Å². The van der Waals surface area contributed by atoms with Crippen molar-refractivity contribution in [1.29, 1.82) is 0 Å². The minimum Gasteiger partial charge on any atom is -0.391 e. The molecule has 3 aliphatic heterocycles. The van der Waals surface area contributed by atoms with Crippen LogP contribution in [0, 0.1) is 0 Å². The molecular formula is C9H14O7S. The predicted molar refractivity (Wildman–Crippen MR) is 53.7 cm³/mol. The molecule has 1 N–H and O–H groups in total. The SMILES string of the molecule is CC1(C)O[C@H]2[C@@H]3OS(=O)O[C@@H]3CO[C@@]2(CO)O1. The second kappa shape index (κ2) is 3.70. The van der Waals surface area contributed by atoms with E-state index in [0.29, 0.717) is 0 Å². The topological polar surface area (TPSA) is 83.5 Å². The highest BCUT2D eigenvalue weighted by atomic mass is 32.2. The van der Waals surface area contributed by atoms with Gasteiger partial charge in [0.15, 0.2) is 5.79 Å². The molecule has 0 aromatic carbocycles. The van der Waals surface area contributed by atoms with E-state index in [-0.39, 0.29) is 13.2 Å². The summed E-state index contributed by atoms with van der Waals surface area (Å²) in [6.07, 6.45) is -1.68. The zero-order valence-corrected chi connectivity index (χ0v) is 10.3. The van der Waals surface area contributed by atoms with Crippen LogP contribution >= 0.6 is 0 Å². The molecule has 0 radical (unpaired) electrons. The number of hydrogen-bond acceptors (Lipinski definition) is 7. The van der Waals surface area contributed by atoms with Crippen molar-refractivity contribution in [2.75, 3.05) is 13.2 Å². The van der Waals surface area contributed by atoms with Crippen molar-refractivity contribution < 1.29 is 31.9 Å². The molecule has 0 aliphatic carbocycles. The van der Waals surface area contributed by atoms with E-state index in [1.165, 1.54) is 0 Å². The number of fused-ring (bicyclic) bond motifs is 3. The van der Waals surface area contributed by atoms with Gasteiger partial charge in [-0.25, -0.2) is 0 Å². The second-order valence-electron chi connectivity index (χ2n) is 4.72. The molecule has 1 unspecified atom stereocenters. The molecular weight excluding hydrogens is 252 g/mol. The Morgan fingerprint density at radius 2 is 2.18 bits per heavy atom. The minimum atomic E-state index is -1.79. The van der Waals surface area contributed by atoms with Gasteiger partial charge in [0.1, 0.15) is 24.9 Å². The van der Waals surface area contributed by atoms with Gasteiger partial charge in [-0.1, -0.05) is 0 Å². The maximum atomic E-state index is 11.2. The van der Waals surface area contributed by atoms with Gasteiger partial charge in [0, 0.05) is 0 Å². The van der Waals surface area contributed by atoms with Crippen molar-refractivity contribution in [3.8, 4) is 0 Å². The van der Waals surface area contributed by atoms with E-state index in [9.17, 15) is 9.32 Å². The minimum absolute atomic E-state index is 0.146. The van der Waals surface area contributed by atoms with Crippen LogP contribution in [0.25, 0.3) is 0 Å². The molecule has 98 valence electrons. The van der Waals surface area contributed by atoms with Crippen LogP contribution in [-0.2, 0) is 33.9 Å². The van der Waals surface area contributed by atoms with E-state index in [4.69, 9.17) is 22.6 Å². The van der Waals surface area contributed by atoms with Crippen molar-refractivity contribution in [2.45, 2.75) is 43.7 Å². The average Bonchev–Trinajstić information content (AvgIpc) is 2.74. The summed E-state index contributed by atoms with van der Waals surface area (Å²) in [6, 6.07) is 0. The maximum absolute atomic E-state index is 11.2. The van der Waals surface area contributed by atoms with Crippen LogP contribution in [0.3, 0.4) is 0 Å². The first-order valence-electron chi connectivity index (χ1n) is 5.35. The lowest BCUT2D eigenvalue weighted by Gasteiger charge is -2.38. The van der Waals surface area contributed by atoms with Crippen LogP contribution in [0.2, 0.25) is 0 Å². The fourth-order valence-corrected chi connectivity index (χ4v) is 3.23. The Hall–Kier alpha value is -0.0900. The van der Waals surface area contributed by atoms with Crippen LogP contribution in [0.4, 0.5) is 0 Å². The summed E-state index contributed by atoms with van der Waals surface area (Å²) < 4.78 is 38.2. The normalized spacial score (nSPS) is 52.2. The van der Waals surface area contributed by atoms with Gasteiger partial charge in [-0.3, -0.25) is 8.37 Å². The number of aliphatic hydroxyl groups is 1. The summed E-state index contributed by atoms with van der Waals surface area (Å²) in [5.41, 5.74) is 0. The summed E-state index contributed by atoms with van der Waals surface area (Å²) in [6.45, 7) is 3.22. The van der Waals surface area contributed by atoms with E-state index in [2.05, 4.69) is 0 Å². The van der Waals surface area contributed by atoms with Crippen molar-refractivity contribution >= 4 is 11.4 Å². The lowest BCUT2D eigenvalue weighted by Crippen LogP contribution is -2.60. The zero-order valence-electron chi connectivity index (χ0n) is 9.45. The molecule has 0 aromatic heterocycles. The Labute approximate surface area is 101 Å². The van der Waals surface area contributed by atoms with Crippen LogP contribution < -0.4 is 0 Å². The fraction of sp³-hybridized carbons (Fsp3) is 1.00. The molecule has 8 heteroatoms. The molecule has 3 fully saturated rings. The molecule has 17 heavy (non-hydrogen) atoms. The summed E-state index contributed by atoms with van der Waals surface area (Å²) in [5, 5.41) is 9.47. The lowest BCUT2D eigenvalue weighted by molar-refractivity contribution is -0.294. The molecule has 0 saturated carbocycles. The average molecular weight is 266 g/mol. The smallest absolute Gasteiger partial charge is 0.305 e. The highest BCUT2D eigenvalue weighted by Crippen LogP contribution is 2.45. The predicted octanol–water partition coefficient (Wildman–Crippen LogP) is -0.781. The molecule has 3 aliphatic rings. The van der Waals surface area contributed by atoms with E-state index in [1.54, 1.807) is 13.8 Å². The summed E-state index contributed by atoms with van der Waals surface area (Å²) in [4.78, 5) is 0. The Morgan fingerprint density at radius 3 is 2.88 bits per heavy atom. The van der Waals surface area contributed by atoms with E-state index in [1.807, 2.05) is 0 Å². The highest BCUT2D eigenvalue weighted by Gasteiger charge is 2.64. The first kappa shape index (κ1) is 12.0. The van der Waals surface area contributed by atoms with Crippen molar-refractivity contribution in [1.82, 2.24) is 0 Å². The van der Waals surface area contributed by atoms with Gasteiger partial charge < -0.3 is 19.3 Å². The van der Waals surface area contributed by atoms with E-state index in [0.717, 1.165) is 0 Å². The standard InChI is InChI=1S/C9H14O7S/c1-8(2)13-7-6-5(14-17(11)15-6)3-12-9(7,4-10)16-8/h5-7,10H,3-4H2,1-2H3/t5-,6-,7+,9+,17?/m1/s1. The highest BCUT2D eigenvalue weighted by molar-refractivity contribution is 7.75. The molecule has 0 bridgehead atoms. The molecule has 0 spiro atoms. The van der Waals surface area contributed by atoms with Crippen LogP contribution in [0.5, 0.6) is 0 Å². The quantitative estimate of drug-likeness (QED) is 0.666. The molecule has 3 heterocycles. The number of hydrogen-bond donors (Lipinski definition) is 1. The summed E-state index contributed by atoms with van der Waals surface area (Å²) in [7, 11) is 0. The third-order valence-electron chi connectivity index (χ3n) is 3.03. The van der Waals surface area contributed by atoms with Gasteiger partial charge >= 0.3 is 11.4 Å². The molecule has 7 nitrogen and oxygen atoms in total. The Bertz CT molecular complexity index is 359. The summed E-state index contributed by atoms with van der Waals surface area (Å²) >= 11 is -1.79. The van der Waals surface area contributed by atoms with Gasteiger partial charge in [0.05, 0.1) is 6.61 Å². The van der Waals surface area contributed by atoms with Crippen LogP contribution in [0.15, 0.2) is 0 Å². The van der Waals surface area contributed by atoms with Crippen LogP contribution in [0.1, 0.15) is 13.8 Å². The van der Waals surface area contributed by atoms with Gasteiger partial charge in [0.25, 0.3) is 0 Å². The first-order chi connectivity index (χ1) is 7.96. The molecule has 3 rings (SSSR count).